The smallest absolute Gasteiger partial charge is 0.305 e. The Bertz CT molecular complexity index is 307. The monoisotopic (exact) mass is 209 g/mol. The van der Waals surface area contributed by atoms with Gasteiger partial charge in [0.25, 0.3) is 0 Å². The number of carbonyl (C=O) groups excluding carboxylic acids is 1. The molecule has 0 saturated heterocycles. The van der Waals surface area contributed by atoms with Crippen LogP contribution in [0.4, 0.5) is 0 Å². The number of aromatic nitrogens is 2. The fourth-order valence-corrected chi connectivity index (χ4v) is 1.41. The largest absolute Gasteiger partial charge is 0.469 e. The highest BCUT2D eigenvalue weighted by Crippen LogP contribution is 2.04. The lowest BCUT2D eigenvalue weighted by Gasteiger charge is -2.04. The first kappa shape index (κ1) is 11.8. The maximum Gasteiger partial charge on any atom is 0.305 e. The summed E-state index contributed by atoms with van der Waals surface area (Å²) in [6.07, 6.45) is 8.17. The Labute approximate surface area is 90.3 Å². The van der Waals surface area contributed by atoms with Crippen molar-refractivity contribution in [2.75, 3.05) is 7.11 Å². The van der Waals surface area contributed by atoms with Gasteiger partial charge in [0.1, 0.15) is 12.0 Å². The molecule has 4 heteroatoms. The van der Waals surface area contributed by atoms with E-state index in [-0.39, 0.29) is 5.97 Å². The number of imidazole rings is 1. The van der Waals surface area contributed by atoms with Gasteiger partial charge < -0.3 is 9.30 Å². The first-order chi connectivity index (χ1) is 7.24. The lowest BCUT2D eigenvalue weighted by atomic mass is 10.2. The summed E-state index contributed by atoms with van der Waals surface area (Å²) in [6, 6.07) is 0. The molecule has 0 saturated carbocycles. The van der Waals surface area contributed by atoms with Crippen molar-refractivity contribution in [3.63, 3.8) is 0 Å². The average Bonchev–Trinajstić information content (AvgIpc) is 2.63. The van der Waals surface area contributed by atoms with E-state index in [1.807, 2.05) is 13.1 Å². The van der Waals surface area contributed by atoms with Crippen LogP contribution in [-0.4, -0.2) is 22.6 Å². The van der Waals surface area contributed by atoms with Crippen molar-refractivity contribution in [2.45, 2.75) is 39.2 Å². The molecule has 4 nitrogen and oxygen atoms in total. The van der Waals surface area contributed by atoms with Crippen LogP contribution in [0.5, 0.6) is 0 Å². The van der Waals surface area contributed by atoms with Gasteiger partial charge >= 0.3 is 5.97 Å². The third-order valence-electron chi connectivity index (χ3n) is 2.36. The highest BCUT2D eigenvalue weighted by molar-refractivity contribution is 5.68. The molecule has 0 bridgehead atoms. The second-order valence-corrected chi connectivity index (χ2v) is 3.50. The standard InChI is InChI=1S/C11H17N2O2/c1-10-12-7-9-13(10)8-5-3-4-6-11(14)15-2/h9H,3-6,8H2,1-2H3. The van der Waals surface area contributed by atoms with Gasteiger partial charge in [-0.1, -0.05) is 6.42 Å². The summed E-state index contributed by atoms with van der Waals surface area (Å²) >= 11 is 0. The minimum absolute atomic E-state index is 0.123. The number of nitrogens with zero attached hydrogens (tertiary/aromatic N) is 2. The highest BCUT2D eigenvalue weighted by Gasteiger charge is 2.00. The fraction of sp³-hybridized carbons (Fsp3) is 0.636. The van der Waals surface area contributed by atoms with Crippen LogP contribution in [0.15, 0.2) is 6.20 Å². The molecule has 0 spiro atoms. The number of unbranched alkanes of at least 4 members (excludes halogenated alkanes) is 2. The summed E-state index contributed by atoms with van der Waals surface area (Å²) in [7, 11) is 1.42. The summed E-state index contributed by atoms with van der Waals surface area (Å²) in [4.78, 5) is 14.8. The van der Waals surface area contributed by atoms with E-state index >= 15 is 0 Å². The van der Waals surface area contributed by atoms with Crippen molar-refractivity contribution in [1.82, 2.24) is 9.55 Å². The molecule has 0 unspecified atom stereocenters. The van der Waals surface area contributed by atoms with Gasteiger partial charge in [-0.3, -0.25) is 4.79 Å². The van der Waals surface area contributed by atoms with E-state index in [2.05, 4.69) is 20.5 Å². The van der Waals surface area contributed by atoms with Crippen LogP contribution in [0.25, 0.3) is 0 Å². The molecule has 0 aliphatic heterocycles. The van der Waals surface area contributed by atoms with Gasteiger partial charge in [0.15, 0.2) is 0 Å². The zero-order chi connectivity index (χ0) is 11.1. The van der Waals surface area contributed by atoms with Crippen LogP contribution in [0.3, 0.4) is 0 Å². The van der Waals surface area contributed by atoms with E-state index < -0.39 is 0 Å². The molecule has 0 aliphatic rings. The Balaban J connectivity index is 2.07. The molecule has 0 N–H and O–H groups in total. The van der Waals surface area contributed by atoms with E-state index in [9.17, 15) is 4.79 Å². The van der Waals surface area contributed by atoms with Crippen LogP contribution in [0, 0.1) is 13.1 Å². The summed E-state index contributed by atoms with van der Waals surface area (Å²) in [5.74, 6) is 0.866. The van der Waals surface area contributed by atoms with Crippen LogP contribution >= 0.6 is 0 Å². The Morgan fingerprint density at radius 1 is 1.53 bits per heavy atom. The minimum atomic E-state index is -0.123. The molecule has 83 valence electrons. The molecule has 0 aromatic carbocycles. The molecule has 1 aromatic heterocycles. The molecular formula is C11H17N2O2. The van der Waals surface area contributed by atoms with Gasteiger partial charge in [-0.25, -0.2) is 4.98 Å². The number of rotatable bonds is 6. The van der Waals surface area contributed by atoms with Crippen molar-refractivity contribution >= 4 is 5.97 Å². The van der Waals surface area contributed by atoms with Crippen LogP contribution in [0.2, 0.25) is 0 Å². The fourth-order valence-electron chi connectivity index (χ4n) is 1.41. The third-order valence-corrected chi connectivity index (χ3v) is 2.36. The molecule has 1 heterocycles. The maximum absolute atomic E-state index is 10.8. The van der Waals surface area contributed by atoms with Crippen molar-refractivity contribution in [2.24, 2.45) is 0 Å². The Kier molecular flexibility index (Phi) is 4.87. The van der Waals surface area contributed by atoms with E-state index in [0.717, 1.165) is 31.6 Å². The Morgan fingerprint density at radius 2 is 2.33 bits per heavy atom. The van der Waals surface area contributed by atoms with E-state index in [1.165, 1.54) is 7.11 Å². The number of hydrogen-bond acceptors (Lipinski definition) is 3. The van der Waals surface area contributed by atoms with Gasteiger partial charge in [0.05, 0.1) is 7.11 Å². The summed E-state index contributed by atoms with van der Waals surface area (Å²) in [5.41, 5.74) is 0. The van der Waals surface area contributed by atoms with Crippen LogP contribution in [-0.2, 0) is 16.1 Å². The van der Waals surface area contributed by atoms with E-state index in [0.29, 0.717) is 6.42 Å². The quantitative estimate of drug-likeness (QED) is 0.529. The first-order valence-corrected chi connectivity index (χ1v) is 5.20. The van der Waals surface area contributed by atoms with Crippen molar-refractivity contribution in [1.29, 1.82) is 0 Å². The number of esters is 1. The predicted octanol–water partition coefficient (Wildman–Crippen LogP) is 1.73. The Morgan fingerprint density at radius 3 is 2.93 bits per heavy atom. The zero-order valence-corrected chi connectivity index (χ0v) is 9.32. The Hall–Kier alpha value is -1.32. The second kappa shape index (κ2) is 6.22. The number of ether oxygens (including phenoxy) is 1. The normalized spacial score (nSPS) is 10.3. The van der Waals surface area contributed by atoms with E-state index in [4.69, 9.17) is 0 Å². The van der Waals surface area contributed by atoms with E-state index in [1.54, 1.807) is 0 Å². The number of methoxy groups -OCH3 is 1. The van der Waals surface area contributed by atoms with Crippen molar-refractivity contribution < 1.29 is 9.53 Å². The topological polar surface area (TPSA) is 44.1 Å². The zero-order valence-electron chi connectivity index (χ0n) is 9.32. The van der Waals surface area contributed by atoms with Gasteiger partial charge in [-0.05, 0) is 19.8 Å². The van der Waals surface area contributed by atoms with Crippen molar-refractivity contribution in [3.05, 3.63) is 18.2 Å². The van der Waals surface area contributed by atoms with Gasteiger partial charge in [-0.15, -0.1) is 0 Å². The molecule has 1 radical (unpaired) electrons. The van der Waals surface area contributed by atoms with Crippen LogP contribution in [0.1, 0.15) is 31.5 Å². The third kappa shape index (κ3) is 4.14. The summed E-state index contributed by atoms with van der Waals surface area (Å²) < 4.78 is 6.63. The molecule has 1 aromatic rings. The second-order valence-electron chi connectivity index (χ2n) is 3.50. The first-order valence-electron chi connectivity index (χ1n) is 5.20. The molecule has 1 rings (SSSR count). The number of carbonyl (C=O) groups is 1. The molecule has 15 heavy (non-hydrogen) atoms. The van der Waals surface area contributed by atoms with Crippen LogP contribution < -0.4 is 0 Å². The summed E-state index contributed by atoms with van der Waals surface area (Å²) in [5, 5.41) is 0. The minimum Gasteiger partial charge on any atom is -0.469 e. The van der Waals surface area contributed by atoms with Crippen molar-refractivity contribution in [3.8, 4) is 0 Å². The molecule has 0 atom stereocenters. The van der Waals surface area contributed by atoms with Gasteiger partial charge in [-0.2, -0.15) is 0 Å². The van der Waals surface area contributed by atoms with Gasteiger partial charge in [0, 0.05) is 19.2 Å². The lowest BCUT2D eigenvalue weighted by molar-refractivity contribution is -0.140. The summed E-state index contributed by atoms with van der Waals surface area (Å²) in [6.45, 7) is 2.91. The molecular weight excluding hydrogens is 192 g/mol. The lowest BCUT2D eigenvalue weighted by Crippen LogP contribution is -2.01. The molecule has 0 amide bonds. The molecule has 0 aliphatic carbocycles. The molecule has 0 fully saturated rings. The SMILES string of the molecule is COC(=O)CCCCCn1c[c]nc1C. The number of aryl methyl sites for hydroxylation is 2. The predicted molar refractivity (Wildman–Crippen MR) is 56.3 cm³/mol. The number of hydrogen-bond donors (Lipinski definition) is 0. The maximum atomic E-state index is 10.8. The van der Waals surface area contributed by atoms with Gasteiger partial charge in [0.2, 0.25) is 0 Å². The average molecular weight is 209 g/mol. The highest BCUT2D eigenvalue weighted by atomic mass is 16.5.